The Morgan fingerprint density at radius 3 is 2.68 bits per heavy atom. The molecule has 1 rings (SSSR count). The molecule has 2 N–H and O–H groups in total. The summed E-state index contributed by atoms with van der Waals surface area (Å²) in [5, 5.41) is 2.07. The van der Waals surface area contributed by atoms with Gasteiger partial charge in [-0.2, -0.15) is 0 Å². The molecule has 122 valence electrons. The number of rotatable bonds is 6. The van der Waals surface area contributed by atoms with Crippen molar-refractivity contribution in [3.8, 4) is 0 Å². The van der Waals surface area contributed by atoms with Gasteiger partial charge < -0.3 is 10.5 Å². The molecule has 0 aliphatic heterocycles. The SMILES string of the molecule is C/C=C\C(/C=C/c1cccs1)=NC.CCCOC(=O)C(C)N. The number of esters is 1. The van der Waals surface area contributed by atoms with Crippen LogP contribution in [0.15, 0.2) is 40.7 Å². The second-order valence-corrected chi connectivity index (χ2v) is 5.43. The summed E-state index contributed by atoms with van der Waals surface area (Å²) in [6.07, 6.45) is 8.92. The molecule has 1 aromatic rings. The van der Waals surface area contributed by atoms with Gasteiger partial charge in [0, 0.05) is 11.9 Å². The molecular weight excluding hydrogens is 296 g/mol. The number of thiophene rings is 1. The number of hydrogen-bond donors (Lipinski definition) is 1. The predicted octanol–water partition coefficient (Wildman–Crippen LogP) is 3.70. The van der Waals surface area contributed by atoms with Crippen molar-refractivity contribution in [1.82, 2.24) is 0 Å². The summed E-state index contributed by atoms with van der Waals surface area (Å²) in [6.45, 7) is 6.01. The fraction of sp³-hybridized carbons (Fsp3) is 0.412. The molecule has 0 saturated carbocycles. The summed E-state index contributed by atoms with van der Waals surface area (Å²) in [7, 11) is 1.80. The van der Waals surface area contributed by atoms with Crippen LogP contribution in [-0.2, 0) is 9.53 Å². The van der Waals surface area contributed by atoms with Crippen molar-refractivity contribution in [2.75, 3.05) is 13.7 Å². The monoisotopic (exact) mass is 322 g/mol. The predicted molar refractivity (Wildman–Crippen MR) is 96.4 cm³/mol. The summed E-state index contributed by atoms with van der Waals surface area (Å²) < 4.78 is 4.69. The van der Waals surface area contributed by atoms with Gasteiger partial charge in [-0.1, -0.05) is 19.1 Å². The van der Waals surface area contributed by atoms with Crippen molar-refractivity contribution >= 4 is 29.1 Å². The Hall–Kier alpha value is -1.72. The normalized spacial score (nSPS) is 13.0. The zero-order valence-corrected chi connectivity index (χ0v) is 14.6. The van der Waals surface area contributed by atoms with Crippen LogP contribution in [0.25, 0.3) is 6.08 Å². The van der Waals surface area contributed by atoms with Gasteiger partial charge in [0.15, 0.2) is 0 Å². The molecule has 1 atom stereocenters. The van der Waals surface area contributed by atoms with Gasteiger partial charge in [-0.05, 0) is 49.9 Å². The zero-order valence-electron chi connectivity index (χ0n) is 13.8. The first-order valence-corrected chi connectivity index (χ1v) is 8.16. The van der Waals surface area contributed by atoms with Crippen molar-refractivity contribution < 1.29 is 9.53 Å². The molecule has 1 heterocycles. The topological polar surface area (TPSA) is 64.7 Å². The van der Waals surface area contributed by atoms with Crippen molar-refractivity contribution in [3.05, 3.63) is 40.6 Å². The van der Waals surface area contributed by atoms with Crippen LogP contribution in [0.4, 0.5) is 0 Å². The van der Waals surface area contributed by atoms with Crippen molar-refractivity contribution in [2.24, 2.45) is 10.7 Å². The molecule has 22 heavy (non-hydrogen) atoms. The van der Waals surface area contributed by atoms with Crippen LogP contribution in [-0.4, -0.2) is 31.4 Å². The summed E-state index contributed by atoms with van der Waals surface area (Å²) in [5.41, 5.74) is 6.20. The maximum atomic E-state index is 10.6. The van der Waals surface area contributed by atoms with Crippen LogP contribution in [0, 0.1) is 0 Å². The van der Waals surface area contributed by atoms with Gasteiger partial charge in [0.05, 0.1) is 12.3 Å². The average Bonchev–Trinajstić information content (AvgIpc) is 3.02. The molecule has 0 amide bonds. The lowest BCUT2D eigenvalue weighted by Crippen LogP contribution is -2.28. The first-order chi connectivity index (χ1) is 10.5. The van der Waals surface area contributed by atoms with Gasteiger partial charge in [0.1, 0.15) is 6.04 Å². The van der Waals surface area contributed by atoms with Crippen LogP contribution in [0.3, 0.4) is 0 Å². The van der Waals surface area contributed by atoms with Crippen LogP contribution < -0.4 is 5.73 Å². The Labute approximate surface area is 137 Å². The molecule has 0 fully saturated rings. The van der Waals surface area contributed by atoms with Gasteiger partial charge in [-0.15, -0.1) is 11.3 Å². The fourth-order valence-corrected chi connectivity index (χ4v) is 1.88. The third-order valence-corrected chi connectivity index (χ3v) is 3.21. The maximum Gasteiger partial charge on any atom is 0.322 e. The third kappa shape index (κ3) is 10.1. The molecule has 0 aromatic carbocycles. The number of aliphatic imine (C=N–C) groups is 1. The molecule has 0 bridgehead atoms. The first-order valence-electron chi connectivity index (χ1n) is 7.28. The smallest absolute Gasteiger partial charge is 0.322 e. The second kappa shape index (κ2) is 13.0. The van der Waals surface area contributed by atoms with E-state index in [9.17, 15) is 4.79 Å². The number of ether oxygens (including phenoxy) is 1. The fourth-order valence-electron chi connectivity index (χ4n) is 1.26. The number of nitrogens with two attached hydrogens (primary N) is 1. The van der Waals surface area contributed by atoms with Crippen LogP contribution >= 0.6 is 11.3 Å². The Balaban J connectivity index is 0.000000433. The van der Waals surface area contributed by atoms with E-state index in [4.69, 9.17) is 5.73 Å². The van der Waals surface area contributed by atoms with Gasteiger partial charge in [-0.3, -0.25) is 9.79 Å². The van der Waals surface area contributed by atoms with E-state index in [0.717, 1.165) is 12.1 Å². The third-order valence-electron chi connectivity index (χ3n) is 2.38. The van der Waals surface area contributed by atoms with E-state index in [1.54, 1.807) is 25.3 Å². The maximum absolute atomic E-state index is 10.6. The highest BCUT2D eigenvalue weighted by atomic mass is 32.1. The lowest BCUT2D eigenvalue weighted by molar-refractivity contribution is -0.144. The van der Waals surface area contributed by atoms with Gasteiger partial charge in [0.25, 0.3) is 0 Å². The Morgan fingerprint density at radius 1 is 1.50 bits per heavy atom. The Bertz CT molecular complexity index is 489. The second-order valence-electron chi connectivity index (χ2n) is 4.45. The molecule has 0 radical (unpaired) electrons. The highest BCUT2D eigenvalue weighted by Gasteiger charge is 2.06. The molecule has 5 heteroatoms. The highest BCUT2D eigenvalue weighted by molar-refractivity contribution is 7.10. The number of nitrogens with zero attached hydrogens (tertiary/aromatic N) is 1. The van der Waals surface area contributed by atoms with Gasteiger partial charge >= 0.3 is 5.97 Å². The number of carbonyl (C=O) groups is 1. The Kier molecular flexibility index (Phi) is 12.0. The summed E-state index contributed by atoms with van der Waals surface area (Å²) in [5.74, 6) is -0.322. The van der Waals surface area contributed by atoms with E-state index in [2.05, 4.69) is 27.3 Å². The minimum Gasteiger partial charge on any atom is -0.465 e. The standard InChI is InChI=1S/C11H13NS.C6H13NO2/c1-3-5-10(12-2)7-8-11-6-4-9-13-11;1-3-4-9-6(8)5(2)7/h3-9H,1-2H3;5H,3-4,7H2,1-2H3/b5-3-,8-7+,12-10?;. The summed E-state index contributed by atoms with van der Waals surface area (Å²) in [4.78, 5) is 15.9. The molecule has 0 spiro atoms. The van der Waals surface area contributed by atoms with Crippen molar-refractivity contribution in [1.29, 1.82) is 0 Å². The van der Waals surface area contributed by atoms with Gasteiger partial charge in [-0.25, -0.2) is 0 Å². The molecular formula is C17H26N2O2S. The highest BCUT2D eigenvalue weighted by Crippen LogP contribution is 2.10. The number of allylic oxidation sites excluding steroid dienone is 3. The van der Waals surface area contributed by atoms with Crippen LogP contribution in [0.2, 0.25) is 0 Å². The van der Waals surface area contributed by atoms with Gasteiger partial charge in [0.2, 0.25) is 0 Å². The number of hydrogen-bond acceptors (Lipinski definition) is 5. The quantitative estimate of drug-likeness (QED) is 0.641. The minimum absolute atomic E-state index is 0.322. The van der Waals surface area contributed by atoms with Crippen LogP contribution in [0.1, 0.15) is 32.1 Å². The first kappa shape index (κ1) is 20.3. The largest absolute Gasteiger partial charge is 0.465 e. The van der Waals surface area contributed by atoms with E-state index >= 15 is 0 Å². The molecule has 0 saturated heterocycles. The van der Waals surface area contributed by atoms with E-state index in [-0.39, 0.29) is 5.97 Å². The molecule has 4 nitrogen and oxygen atoms in total. The van der Waals surface area contributed by atoms with Crippen LogP contribution in [0.5, 0.6) is 0 Å². The number of carbonyl (C=O) groups excluding carboxylic acids is 1. The summed E-state index contributed by atoms with van der Waals surface area (Å²) in [6, 6.07) is 3.64. The summed E-state index contributed by atoms with van der Waals surface area (Å²) >= 11 is 1.73. The molecule has 1 unspecified atom stereocenters. The molecule has 0 aliphatic carbocycles. The zero-order chi connectivity index (χ0) is 16.8. The van der Waals surface area contributed by atoms with Crippen molar-refractivity contribution in [2.45, 2.75) is 33.2 Å². The molecule has 1 aromatic heterocycles. The van der Waals surface area contributed by atoms with E-state index in [0.29, 0.717) is 6.61 Å². The lowest BCUT2D eigenvalue weighted by Gasteiger charge is -2.03. The van der Waals surface area contributed by atoms with E-state index in [1.807, 2.05) is 38.1 Å². The average molecular weight is 322 g/mol. The van der Waals surface area contributed by atoms with E-state index < -0.39 is 6.04 Å². The van der Waals surface area contributed by atoms with Crippen molar-refractivity contribution in [3.63, 3.8) is 0 Å². The van der Waals surface area contributed by atoms with E-state index in [1.165, 1.54) is 4.88 Å². The Morgan fingerprint density at radius 2 is 2.23 bits per heavy atom. The minimum atomic E-state index is -0.489. The lowest BCUT2D eigenvalue weighted by atomic mass is 10.3. The molecule has 0 aliphatic rings.